The molecule has 0 aromatic carbocycles. The molecule has 19 heavy (non-hydrogen) atoms. The maximum Gasteiger partial charge on any atom is 0.165 e. The largest absolute Gasteiger partial charge is 0.777 e. The number of nitrogen functional groups attached to an aromatic ring is 1. The Morgan fingerprint density at radius 3 is 3.00 bits per heavy atom. The van der Waals surface area contributed by atoms with Crippen LogP contribution in [0.3, 0.4) is 0 Å². The number of anilines is 1. The van der Waals surface area contributed by atoms with Crippen LogP contribution in [0.2, 0.25) is 0 Å². The lowest BCUT2D eigenvalue weighted by molar-refractivity contribution is -0.199. The summed E-state index contributed by atoms with van der Waals surface area (Å²) in [4.78, 5) is 31.2. The molecule has 10 heteroatoms. The molecule has 0 amide bonds. The molecule has 2 rings (SSSR count). The van der Waals surface area contributed by atoms with E-state index in [1.54, 1.807) is 11.5 Å². The van der Waals surface area contributed by atoms with Gasteiger partial charge in [-0.05, 0) is 6.92 Å². The first-order valence-electron chi connectivity index (χ1n) is 5.42. The summed E-state index contributed by atoms with van der Waals surface area (Å²) in [5.74, 6) is 0.275. The predicted octanol–water partition coefficient (Wildman–Crippen LogP) is -0.683. The molecule has 104 valence electrons. The van der Waals surface area contributed by atoms with Crippen molar-refractivity contribution in [3.8, 4) is 0 Å². The number of hydrogen-bond donors (Lipinski definition) is 2. The standard InChI is InChI=1S/C9H14N5O4P/c1-6(18-5-19(15,16)17)2-14-4-13-7-8(10)11-3-12-9(7)14/h3-4,6H,2,5H2,1H3,(H2,10,11,12)(H2,15,16,17)/p-1/t6-/m1/s1. The molecule has 0 radical (unpaired) electrons. The highest BCUT2D eigenvalue weighted by Crippen LogP contribution is 2.29. The van der Waals surface area contributed by atoms with Gasteiger partial charge < -0.3 is 29.4 Å². The number of nitrogens with zero attached hydrogens (tertiary/aromatic N) is 4. The first kappa shape index (κ1) is 13.9. The van der Waals surface area contributed by atoms with Gasteiger partial charge in [-0.2, -0.15) is 0 Å². The number of aromatic nitrogens is 4. The topological polar surface area (TPSA) is 139 Å². The van der Waals surface area contributed by atoms with Crippen molar-refractivity contribution >= 4 is 24.6 Å². The van der Waals surface area contributed by atoms with Gasteiger partial charge in [-0.25, -0.2) is 15.0 Å². The minimum absolute atomic E-state index is 0.275. The molecular weight excluding hydrogens is 273 g/mol. The number of hydrogen-bond acceptors (Lipinski definition) is 7. The summed E-state index contributed by atoms with van der Waals surface area (Å²) in [5, 5.41) is 0. The third-order valence-corrected chi connectivity index (χ3v) is 2.88. The molecule has 1 unspecified atom stereocenters. The average Bonchev–Trinajstić information content (AvgIpc) is 2.71. The number of imidazole rings is 1. The van der Waals surface area contributed by atoms with Crippen LogP contribution in [0.1, 0.15) is 6.92 Å². The smallest absolute Gasteiger partial charge is 0.165 e. The molecule has 3 N–H and O–H groups in total. The van der Waals surface area contributed by atoms with Crippen LogP contribution in [0.15, 0.2) is 12.7 Å². The van der Waals surface area contributed by atoms with Crippen LogP contribution < -0.4 is 10.6 Å². The highest BCUT2D eigenvalue weighted by molar-refractivity contribution is 7.50. The summed E-state index contributed by atoms with van der Waals surface area (Å²) in [6, 6.07) is 0. The van der Waals surface area contributed by atoms with E-state index >= 15 is 0 Å². The molecule has 2 atom stereocenters. The first-order chi connectivity index (χ1) is 8.87. The molecule has 0 aliphatic rings. The Labute approximate surface area is 108 Å². The van der Waals surface area contributed by atoms with Crippen molar-refractivity contribution in [2.75, 3.05) is 12.1 Å². The van der Waals surface area contributed by atoms with E-state index in [1.165, 1.54) is 12.7 Å². The van der Waals surface area contributed by atoms with Gasteiger partial charge in [-0.1, -0.05) is 0 Å². The summed E-state index contributed by atoms with van der Waals surface area (Å²) in [6.07, 6.45) is 1.67. The van der Waals surface area contributed by atoms with Crippen molar-refractivity contribution in [3.63, 3.8) is 0 Å². The van der Waals surface area contributed by atoms with Gasteiger partial charge in [0.05, 0.1) is 19.0 Å². The molecule has 2 aromatic heterocycles. The lowest BCUT2D eigenvalue weighted by Crippen LogP contribution is -2.19. The summed E-state index contributed by atoms with van der Waals surface area (Å²) in [6.45, 7) is 2.00. The molecule has 2 heterocycles. The Bertz CT molecular complexity index is 624. The van der Waals surface area contributed by atoms with E-state index in [0.29, 0.717) is 17.7 Å². The van der Waals surface area contributed by atoms with E-state index in [9.17, 15) is 9.46 Å². The van der Waals surface area contributed by atoms with E-state index in [0.717, 1.165) is 0 Å². The van der Waals surface area contributed by atoms with Crippen LogP contribution in [0.5, 0.6) is 0 Å². The van der Waals surface area contributed by atoms with Crippen molar-refractivity contribution in [1.29, 1.82) is 0 Å². The second-order valence-corrected chi connectivity index (χ2v) is 5.61. The molecule has 2 aromatic rings. The number of nitrogens with two attached hydrogens (primary N) is 1. The van der Waals surface area contributed by atoms with Gasteiger partial charge in [0, 0.05) is 0 Å². The van der Waals surface area contributed by atoms with Crippen LogP contribution in [0, 0.1) is 0 Å². The molecular formula is C9H13N5O4P-. The van der Waals surface area contributed by atoms with E-state index < -0.39 is 20.0 Å². The molecule has 0 saturated heterocycles. The van der Waals surface area contributed by atoms with Crippen LogP contribution in [0.4, 0.5) is 5.82 Å². The Balaban J connectivity index is 2.09. The van der Waals surface area contributed by atoms with E-state index in [2.05, 4.69) is 15.0 Å². The van der Waals surface area contributed by atoms with Gasteiger partial charge in [0.1, 0.15) is 18.2 Å². The van der Waals surface area contributed by atoms with Crippen LogP contribution >= 0.6 is 7.60 Å². The fourth-order valence-electron chi connectivity index (χ4n) is 1.58. The summed E-state index contributed by atoms with van der Waals surface area (Å²) in [5.41, 5.74) is 6.66. The van der Waals surface area contributed by atoms with Crippen LogP contribution in [-0.4, -0.2) is 36.9 Å². The molecule has 0 fully saturated rings. The number of fused-ring (bicyclic) bond motifs is 1. The van der Waals surface area contributed by atoms with Crippen molar-refractivity contribution in [3.05, 3.63) is 12.7 Å². The average molecular weight is 286 g/mol. The molecule has 0 aliphatic heterocycles. The Hall–Kier alpha value is -1.54. The fraction of sp³-hybridized carbons (Fsp3) is 0.444. The Morgan fingerprint density at radius 1 is 1.58 bits per heavy atom. The third-order valence-electron chi connectivity index (χ3n) is 2.41. The van der Waals surface area contributed by atoms with Crippen molar-refractivity contribution < 1.29 is 19.1 Å². The number of ether oxygens (including phenoxy) is 1. The zero-order chi connectivity index (χ0) is 14.0. The van der Waals surface area contributed by atoms with E-state index in [1.807, 2.05) is 0 Å². The monoisotopic (exact) mass is 286 g/mol. The maximum absolute atomic E-state index is 10.6. The highest BCUT2D eigenvalue weighted by Gasteiger charge is 2.12. The summed E-state index contributed by atoms with van der Waals surface area (Å²) >= 11 is 0. The second-order valence-electron chi connectivity index (χ2n) is 4.07. The Kier molecular flexibility index (Phi) is 3.81. The van der Waals surface area contributed by atoms with E-state index in [-0.39, 0.29) is 5.82 Å². The minimum Gasteiger partial charge on any atom is -0.777 e. The fourth-order valence-corrected chi connectivity index (χ4v) is 2.03. The van der Waals surface area contributed by atoms with Crippen LogP contribution in [0.25, 0.3) is 11.2 Å². The summed E-state index contributed by atoms with van der Waals surface area (Å²) in [7, 11) is -4.41. The Morgan fingerprint density at radius 2 is 2.32 bits per heavy atom. The lowest BCUT2D eigenvalue weighted by atomic mass is 10.4. The molecule has 0 aliphatic carbocycles. The lowest BCUT2D eigenvalue weighted by Gasteiger charge is -2.19. The first-order valence-corrected chi connectivity index (χ1v) is 7.19. The molecule has 0 spiro atoms. The van der Waals surface area contributed by atoms with Gasteiger partial charge in [-0.3, -0.25) is 0 Å². The van der Waals surface area contributed by atoms with Crippen molar-refractivity contribution in [2.24, 2.45) is 0 Å². The molecule has 9 nitrogen and oxygen atoms in total. The highest BCUT2D eigenvalue weighted by atomic mass is 31.2. The normalized spacial score (nSPS) is 16.4. The van der Waals surface area contributed by atoms with Gasteiger partial charge in [-0.15, -0.1) is 0 Å². The van der Waals surface area contributed by atoms with Crippen molar-refractivity contribution in [2.45, 2.75) is 19.6 Å². The molecule has 0 bridgehead atoms. The van der Waals surface area contributed by atoms with Gasteiger partial charge in [0.15, 0.2) is 19.1 Å². The minimum atomic E-state index is -4.41. The SMILES string of the molecule is C[C@H](Cn1cnc2c(N)ncnc21)OCP(=O)([O-])O. The number of rotatable bonds is 5. The molecule has 0 saturated carbocycles. The summed E-state index contributed by atoms with van der Waals surface area (Å²) < 4.78 is 17.3. The van der Waals surface area contributed by atoms with Gasteiger partial charge >= 0.3 is 0 Å². The third kappa shape index (κ3) is 3.48. The van der Waals surface area contributed by atoms with Crippen LogP contribution in [-0.2, 0) is 15.8 Å². The zero-order valence-electron chi connectivity index (χ0n) is 10.1. The maximum atomic E-state index is 10.6. The second kappa shape index (κ2) is 5.22. The zero-order valence-corrected chi connectivity index (χ0v) is 11.0. The van der Waals surface area contributed by atoms with Gasteiger partial charge in [0.2, 0.25) is 0 Å². The van der Waals surface area contributed by atoms with E-state index in [4.69, 9.17) is 15.4 Å². The van der Waals surface area contributed by atoms with Crippen molar-refractivity contribution in [1.82, 2.24) is 19.5 Å². The van der Waals surface area contributed by atoms with Gasteiger partial charge in [0.25, 0.3) is 0 Å². The quantitative estimate of drug-likeness (QED) is 0.689. The predicted molar refractivity (Wildman–Crippen MR) is 65.0 cm³/mol.